The van der Waals surface area contributed by atoms with Gasteiger partial charge in [-0.05, 0) is 65.4 Å². The van der Waals surface area contributed by atoms with Crippen molar-refractivity contribution in [3.05, 3.63) is 40.4 Å². The van der Waals surface area contributed by atoms with E-state index in [-0.39, 0.29) is 0 Å². The molecule has 0 aliphatic heterocycles. The van der Waals surface area contributed by atoms with Crippen LogP contribution < -0.4 is 5.32 Å². The second-order valence-electron chi connectivity index (χ2n) is 4.57. The summed E-state index contributed by atoms with van der Waals surface area (Å²) >= 11 is 3.33. The number of halogens is 1. The second-order valence-corrected chi connectivity index (χ2v) is 5.42. The van der Waals surface area contributed by atoms with Crippen molar-refractivity contribution in [2.45, 2.75) is 25.8 Å². The number of aromatic hydroxyl groups is 1. The van der Waals surface area contributed by atoms with Crippen molar-refractivity contribution in [2.24, 2.45) is 5.92 Å². The molecular formula is C14H18BrNO. The summed E-state index contributed by atoms with van der Waals surface area (Å²) in [7, 11) is 0. The summed E-state index contributed by atoms with van der Waals surface area (Å²) in [6.07, 6.45) is 8.27. The Kier molecular flexibility index (Phi) is 4.63. The largest absolute Gasteiger partial charge is 0.507 e. The monoisotopic (exact) mass is 295 g/mol. The smallest absolute Gasteiger partial charge is 0.129 e. The van der Waals surface area contributed by atoms with Crippen molar-refractivity contribution in [1.29, 1.82) is 0 Å². The number of hydrogen-bond acceptors (Lipinski definition) is 2. The van der Waals surface area contributed by atoms with Crippen LogP contribution in [-0.2, 0) is 6.54 Å². The number of phenolic OH excluding ortho intramolecular Hbond substituents is 1. The summed E-state index contributed by atoms with van der Waals surface area (Å²) in [6.45, 7) is 1.93. The Bertz CT molecular complexity index is 403. The van der Waals surface area contributed by atoms with Gasteiger partial charge < -0.3 is 10.4 Å². The minimum Gasteiger partial charge on any atom is -0.507 e. The van der Waals surface area contributed by atoms with Crippen LogP contribution in [0.25, 0.3) is 0 Å². The van der Waals surface area contributed by atoms with Crippen molar-refractivity contribution in [1.82, 2.24) is 5.32 Å². The number of benzene rings is 1. The van der Waals surface area contributed by atoms with E-state index in [1.165, 1.54) is 24.8 Å². The second kappa shape index (κ2) is 6.22. The highest BCUT2D eigenvalue weighted by Crippen LogP contribution is 2.24. The van der Waals surface area contributed by atoms with Crippen LogP contribution in [0.1, 0.15) is 24.8 Å². The van der Waals surface area contributed by atoms with Crippen LogP contribution in [0, 0.1) is 5.92 Å². The summed E-state index contributed by atoms with van der Waals surface area (Å²) in [5.74, 6) is 1.08. The third kappa shape index (κ3) is 3.86. The zero-order chi connectivity index (χ0) is 12.1. The lowest BCUT2D eigenvalue weighted by molar-refractivity contribution is 0.440. The molecule has 1 unspecified atom stereocenters. The Morgan fingerprint density at radius 1 is 1.35 bits per heavy atom. The maximum absolute atomic E-state index is 9.40. The number of hydrogen-bond donors (Lipinski definition) is 2. The molecular weight excluding hydrogens is 278 g/mol. The first kappa shape index (κ1) is 12.7. The number of nitrogens with one attached hydrogen (secondary N) is 1. The van der Waals surface area contributed by atoms with E-state index in [1.807, 2.05) is 12.1 Å². The molecule has 0 saturated heterocycles. The molecule has 0 saturated carbocycles. The van der Waals surface area contributed by atoms with Crippen LogP contribution in [0.4, 0.5) is 0 Å². The van der Waals surface area contributed by atoms with Crippen molar-refractivity contribution < 1.29 is 5.11 Å². The molecule has 3 heteroatoms. The van der Waals surface area contributed by atoms with Crippen LogP contribution in [0.3, 0.4) is 0 Å². The lowest BCUT2D eigenvalue weighted by Gasteiger charge is -2.18. The van der Waals surface area contributed by atoms with Gasteiger partial charge in [0.2, 0.25) is 0 Å². The van der Waals surface area contributed by atoms with Crippen LogP contribution >= 0.6 is 15.9 Å². The molecule has 0 bridgehead atoms. The topological polar surface area (TPSA) is 32.3 Å². The minimum absolute atomic E-state index is 0.297. The summed E-state index contributed by atoms with van der Waals surface area (Å²) in [6, 6.07) is 5.64. The van der Waals surface area contributed by atoms with Gasteiger partial charge in [-0.1, -0.05) is 18.2 Å². The van der Waals surface area contributed by atoms with Crippen LogP contribution in [0.2, 0.25) is 0 Å². The first-order valence-corrected chi connectivity index (χ1v) is 6.88. The van der Waals surface area contributed by atoms with E-state index in [2.05, 4.69) is 33.4 Å². The van der Waals surface area contributed by atoms with E-state index < -0.39 is 0 Å². The maximum atomic E-state index is 9.40. The molecule has 1 aliphatic carbocycles. The highest BCUT2D eigenvalue weighted by Gasteiger charge is 2.09. The zero-order valence-corrected chi connectivity index (χ0v) is 11.4. The van der Waals surface area contributed by atoms with Crippen LogP contribution in [0.15, 0.2) is 34.8 Å². The SMILES string of the molecule is Oc1ccc(CNCC2CC=CCC2)cc1Br. The van der Waals surface area contributed by atoms with Crippen LogP contribution in [0.5, 0.6) is 5.75 Å². The Morgan fingerprint density at radius 3 is 2.94 bits per heavy atom. The first-order valence-electron chi connectivity index (χ1n) is 6.09. The molecule has 0 radical (unpaired) electrons. The number of rotatable bonds is 4. The Hall–Kier alpha value is -0.800. The van der Waals surface area contributed by atoms with Gasteiger partial charge in [0, 0.05) is 6.54 Å². The van der Waals surface area contributed by atoms with Gasteiger partial charge in [-0.3, -0.25) is 0 Å². The quantitative estimate of drug-likeness (QED) is 0.832. The molecule has 0 heterocycles. The molecule has 1 atom stereocenters. The highest BCUT2D eigenvalue weighted by atomic mass is 79.9. The molecule has 0 fully saturated rings. The molecule has 2 N–H and O–H groups in total. The molecule has 2 nitrogen and oxygen atoms in total. The van der Waals surface area contributed by atoms with Crippen molar-refractivity contribution in [2.75, 3.05) is 6.54 Å². The van der Waals surface area contributed by atoms with Gasteiger partial charge in [0.25, 0.3) is 0 Å². The van der Waals surface area contributed by atoms with Gasteiger partial charge in [0.05, 0.1) is 4.47 Å². The standard InChI is InChI=1S/C14H18BrNO/c15-13-8-12(6-7-14(13)17)10-16-9-11-4-2-1-3-5-11/h1-2,6-8,11,16-17H,3-5,9-10H2. The Balaban J connectivity index is 1.77. The van der Waals surface area contributed by atoms with Crippen molar-refractivity contribution >= 4 is 15.9 Å². The van der Waals surface area contributed by atoms with Crippen LogP contribution in [-0.4, -0.2) is 11.7 Å². The highest BCUT2D eigenvalue weighted by molar-refractivity contribution is 9.10. The third-order valence-electron chi connectivity index (χ3n) is 3.15. The first-order chi connectivity index (χ1) is 8.25. The van der Waals surface area contributed by atoms with E-state index >= 15 is 0 Å². The van der Waals surface area contributed by atoms with Gasteiger partial charge in [-0.2, -0.15) is 0 Å². The van der Waals surface area contributed by atoms with Gasteiger partial charge >= 0.3 is 0 Å². The average molecular weight is 296 g/mol. The fourth-order valence-electron chi connectivity index (χ4n) is 2.12. The predicted octanol–water partition coefficient (Wildman–Crippen LogP) is 3.60. The lowest BCUT2D eigenvalue weighted by atomic mass is 9.94. The average Bonchev–Trinajstić information content (AvgIpc) is 2.35. The van der Waals surface area contributed by atoms with Crippen molar-refractivity contribution in [3.8, 4) is 5.75 Å². The molecule has 0 amide bonds. The van der Waals surface area contributed by atoms with E-state index in [0.29, 0.717) is 5.75 Å². The Morgan fingerprint density at radius 2 is 2.24 bits per heavy atom. The van der Waals surface area contributed by atoms with E-state index in [0.717, 1.165) is 23.5 Å². The summed E-state index contributed by atoms with van der Waals surface area (Å²) < 4.78 is 0.761. The fourth-order valence-corrected chi connectivity index (χ4v) is 2.55. The molecule has 1 aliphatic rings. The summed E-state index contributed by atoms with van der Waals surface area (Å²) in [5.41, 5.74) is 1.20. The predicted molar refractivity (Wildman–Crippen MR) is 74.0 cm³/mol. The summed E-state index contributed by atoms with van der Waals surface area (Å²) in [5, 5.41) is 12.9. The van der Waals surface area contributed by atoms with Gasteiger partial charge in [0.15, 0.2) is 0 Å². The van der Waals surface area contributed by atoms with Gasteiger partial charge in [-0.15, -0.1) is 0 Å². The van der Waals surface area contributed by atoms with E-state index in [1.54, 1.807) is 6.07 Å². The molecule has 1 aromatic carbocycles. The molecule has 0 aromatic heterocycles. The molecule has 17 heavy (non-hydrogen) atoms. The maximum Gasteiger partial charge on any atom is 0.129 e. The minimum atomic E-state index is 0.297. The number of phenols is 1. The van der Waals surface area contributed by atoms with E-state index in [9.17, 15) is 5.11 Å². The van der Waals surface area contributed by atoms with Crippen molar-refractivity contribution in [3.63, 3.8) is 0 Å². The normalized spacial score (nSPS) is 19.5. The third-order valence-corrected chi connectivity index (χ3v) is 3.79. The van der Waals surface area contributed by atoms with Gasteiger partial charge in [0.1, 0.15) is 5.75 Å². The zero-order valence-electron chi connectivity index (χ0n) is 9.82. The fraction of sp³-hybridized carbons (Fsp3) is 0.429. The van der Waals surface area contributed by atoms with Gasteiger partial charge in [-0.25, -0.2) is 0 Å². The number of allylic oxidation sites excluding steroid dienone is 2. The Labute approximate surface area is 111 Å². The molecule has 1 aromatic rings. The molecule has 92 valence electrons. The van der Waals surface area contributed by atoms with E-state index in [4.69, 9.17) is 0 Å². The summed E-state index contributed by atoms with van der Waals surface area (Å²) in [4.78, 5) is 0. The molecule has 2 rings (SSSR count). The lowest BCUT2D eigenvalue weighted by Crippen LogP contribution is -2.23. The molecule has 0 spiro atoms.